The summed E-state index contributed by atoms with van der Waals surface area (Å²) in [5, 5.41) is 3.42. The molecule has 2 N–H and O–H groups in total. The lowest BCUT2D eigenvalue weighted by Gasteiger charge is -2.15. The van der Waals surface area contributed by atoms with Crippen molar-refractivity contribution in [2.24, 2.45) is 0 Å². The van der Waals surface area contributed by atoms with Crippen molar-refractivity contribution >= 4 is 0 Å². The van der Waals surface area contributed by atoms with Crippen LogP contribution in [0.2, 0.25) is 0 Å². The van der Waals surface area contributed by atoms with Crippen LogP contribution in [0.4, 0.5) is 0 Å². The minimum Gasteiger partial charge on any atom is -0.309 e. The summed E-state index contributed by atoms with van der Waals surface area (Å²) in [5.74, 6) is 1.46. The highest BCUT2D eigenvalue weighted by atomic mass is 16.1. The first-order chi connectivity index (χ1) is 10.1. The summed E-state index contributed by atoms with van der Waals surface area (Å²) >= 11 is 0. The number of nitrogens with zero attached hydrogens (tertiary/aromatic N) is 1. The fraction of sp³-hybridized carbons (Fsp3) is 0.412. The molecule has 3 rings (SSSR count). The topological polar surface area (TPSA) is 57.8 Å². The molecule has 0 amide bonds. The number of aryl methyl sites for hydroxylation is 1. The lowest BCUT2D eigenvalue weighted by molar-refractivity contribution is 0.556. The van der Waals surface area contributed by atoms with E-state index >= 15 is 0 Å². The summed E-state index contributed by atoms with van der Waals surface area (Å²) < 4.78 is 0. The van der Waals surface area contributed by atoms with E-state index < -0.39 is 0 Å². The van der Waals surface area contributed by atoms with Crippen molar-refractivity contribution in [1.29, 1.82) is 0 Å². The SMILES string of the molecule is Cc1cc(=O)[nH]c(CNC(C)c2cccc(C3CC3)c2)n1. The van der Waals surface area contributed by atoms with Gasteiger partial charge in [-0.3, -0.25) is 4.79 Å². The molecule has 0 bridgehead atoms. The third-order valence-corrected chi connectivity index (χ3v) is 3.95. The van der Waals surface area contributed by atoms with Crippen LogP contribution in [-0.2, 0) is 6.54 Å². The third kappa shape index (κ3) is 3.58. The molecule has 110 valence electrons. The Morgan fingerprint density at radius 3 is 2.90 bits per heavy atom. The summed E-state index contributed by atoms with van der Waals surface area (Å²) in [4.78, 5) is 18.5. The molecule has 0 aliphatic heterocycles. The summed E-state index contributed by atoms with van der Waals surface area (Å²) in [6, 6.07) is 10.5. The lowest BCUT2D eigenvalue weighted by Crippen LogP contribution is -2.22. The van der Waals surface area contributed by atoms with E-state index in [4.69, 9.17) is 0 Å². The van der Waals surface area contributed by atoms with Crippen molar-refractivity contribution in [1.82, 2.24) is 15.3 Å². The van der Waals surface area contributed by atoms with E-state index in [1.165, 1.54) is 30.0 Å². The number of benzene rings is 1. The van der Waals surface area contributed by atoms with Crippen LogP contribution in [0.3, 0.4) is 0 Å². The quantitative estimate of drug-likeness (QED) is 0.887. The number of rotatable bonds is 5. The first-order valence-electron chi connectivity index (χ1n) is 7.52. The van der Waals surface area contributed by atoms with Crippen LogP contribution < -0.4 is 10.9 Å². The number of aromatic nitrogens is 2. The molecular weight excluding hydrogens is 262 g/mol. The molecule has 1 aliphatic rings. The Kier molecular flexibility index (Phi) is 3.88. The van der Waals surface area contributed by atoms with E-state index in [2.05, 4.69) is 46.5 Å². The van der Waals surface area contributed by atoms with Crippen LogP contribution in [0.25, 0.3) is 0 Å². The Labute approximate surface area is 124 Å². The summed E-state index contributed by atoms with van der Waals surface area (Å²) in [6.45, 7) is 4.53. The standard InChI is InChI=1S/C17H21N3O/c1-11-8-17(21)20-16(19-11)10-18-12(2)14-4-3-5-15(9-14)13-6-7-13/h3-5,8-9,12-13,18H,6-7,10H2,1-2H3,(H,19,20,21). The van der Waals surface area contributed by atoms with Crippen LogP contribution in [0.15, 0.2) is 35.1 Å². The number of hydrogen-bond donors (Lipinski definition) is 2. The highest BCUT2D eigenvalue weighted by molar-refractivity contribution is 5.30. The molecule has 0 radical (unpaired) electrons. The Hall–Kier alpha value is -1.94. The van der Waals surface area contributed by atoms with Gasteiger partial charge in [-0.1, -0.05) is 24.3 Å². The fourth-order valence-corrected chi connectivity index (χ4v) is 2.59. The summed E-state index contributed by atoms with van der Waals surface area (Å²) in [7, 11) is 0. The monoisotopic (exact) mass is 283 g/mol. The Morgan fingerprint density at radius 1 is 1.38 bits per heavy atom. The van der Waals surface area contributed by atoms with E-state index in [1.807, 2.05) is 6.92 Å². The average Bonchev–Trinajstić information content (AvgIpc) is 3.28. The molecule has 21 heavy (non-hydrogen) atoms. The van der Waals surface area contributed by atoms with Gasteiger partial charge in [0.15, 0.2) is 0 Å². The van der Waals surface area contributed by atoms with Gasteiger partial charge < -0.3 is 10.3 Å². The molecule has 1 saturated carbocycles. The van der Waals surface area contributed by atoms with E-state index in [0.717, 1.165) is 11.6 Å². The van der Waals surface area contributed by atoms with E-state index in [-0.39, 0.29) is 11.6 Å². The molecule has 4 nitrogen and oxygen atoms in total. The smallest absolute Gasteiger partial charge is 0.251 e. The van der Waals surface area contributed by atoms with Gasteiger partial charge in [-0.15, -0.1) is 0 Å². The number of hydrogen-bond acceptors (Lipinski definition) is 3. The van der Waals surface area contributed by atoms with Crippen LogP contribution in [0, 0.1) is 6.92 Å². The summed E-state index contributed by atoms with van der Waals surface area (Å²) in [5.41, 5.74) is 3.39. The molecule has 4 heteroatoms. The van der Waals surface area contributed by atoms with Crippen molar-refractivity contribution < 1.29 is 0 Å². The van der Waals surface area contributed by atoms with Gasteiger partial charge in [0.1, 0.15) is 5.82 Å². The lowest BCUT2D eigenvalue weighted by atomic mass is 10.0. The van der Waals surface area contributed by atoms with Crippen molar-refractivity contribution in [2.45, 2.75) is 45.2 Å². The zero-order chi connectivity index (χ0) is 14.8. The summed E-state index contributed by atoms with van der Waals surface area (Å²) in [6.07, 6.45) is 2.64. The predicted molar refractivity (Wildman–Crippen MR) is 83.3 cm³/mol. The molecule has 1 fully saturated rings. The van der Waals surface area contributed by atoms with Crippen LogP contribution >= 0.6 is 0 Å². The average molecular weight is 283 g/mol. The van der Waals surface area contributed by atoms with Gasteiger partial charge in [-0.05, 0) is 43.7 Å². The highest BCUT2D eigenvalue weighted by Gasteiger charge is 2.23. The van der Waals surface area contributed by atoms with Gasteiger partial charge >= 0.3 is 0 Å². The fourth-order valence-electron chi connectivity index (χ4n) is 2.59. The van der Waals surface area contributed by atoms with Crippen molar-refractivity contribution in [3.8, 4) is 0 Å². The second-order valence-corrected chi connectivity index (χ2v) is 5.88. The van der Waals surface area contributed by atoms with Crippen molar-refractivity contribution in [3.05, 3.63) is 63.3 Å². The molecule has 0 saturated heterocycles. The van der Waals surface area contributed by atoms with Gasteiger partial charge in [0.05, 0.1) is 6.54 Å². The van der Waals surface area contributed by atoms with Gasteiger partial charge in [0, 0.05) is 17.8 Å². The van der Waals surface area contributed by atoms with E-state index in [0.29, 0.717) is 12.4 Å². The second kappa shape index (κ2) is 5.82. The number of aromatic amines is 1. The van der Waals surface area contributed by atoms with Crippen LogP contribution in [0.5, 0.6) is 0 Å². The number of H-pyrrole nitrogens is 1. The van der Waals surface area contributed by atoms with Gasteiger partial charge in [-0.2, -0.15) is 0 Å². The molecule has 1 heterocycles. The predicted octanol–water partition coefficient (Wildman–Crippen LogP) is 2.81. The van der Waals surface area contributed by atoms with Gasteiger partial charge in [0.2, 0.25) is 0 Å². The minimum absolute atomic E-state index is 0.0947. The zero-order valence-corrected chi connectivity index (χ0v) is 12.5. The maximum absolute atomic E-state index is 11.4. The second-order valence-electron chi connectivity index (χ2n) is 5.88. The van der Waals surface area contributed by atoms with E-state index in [9.17, 15) is 4.79 Å². The van der Waals surface area contributed by atoms with Crippen LogP contribution in [0.1, 0.15) is 54.4 Å². The normalized spacial score (nSPS) is 15.9. The largest absolute Gasteiger partial charge is 0.309 e. The molecule has 2 aromatic rings. The van der Waals surface area contributed by atoms with Crippen LogP contribution in [-0.4, -0.2) is 9.97 Å². The zero-order valence-electron chi connectivity index (χ0n) is 12.5. The van der Waals surface area contributed by atoms with Gasteiger partial charge in [-0.25, -0.2) is 4.98 Å². The first-order valence-corrected chi connectivity index (χ1v) is 7.52. The third-order valence-electron chi connectivity index (χ3n) is 3.95. The molecule has 1 aliphatic carbocycles. The molecule has 1 unspecified atom stereocenters. The highest BCUT2D eigenvalue weighted by Crippen LogP contribution is 2.40. The maximum atomic E-state index is 11.4. The Bertz CT molecular complexity index is 688. The molecule has 1 aromatic heterocycles. The minimum atomic E-state index is -0.0947. The Balaban J connectivity index is 1.67. The molecule has 0 spiro atoms. The molecular formula is C17H21N3O. The van der Waals surface area contributed by atoms with Gasteiger partial charge in [0.25, 0.3) is 5.56 Å². The van der Waals surface area contributed by atoms with Crippen molar-refractivity contribution in [3.63, 3.8) is 0 Å². The maximum Gasteiger partial charge on any atom is 0.251 e. The Morgan fingerprint density at radius 2 is 2.19 bits per heavy atom. The number of nitrogens with one attached hydrogen (secondary N) is 2. The molecule has 1 atom stereocenters. The first kappa shape index (κ1) is 14.0. The van der Waals surface area contributed by atoms with Crippen molar-refractivity contribution in [2.75, 3.05) is 0 Å². The molecule has 1 aromatic carbocycles. The van der Waals surface area contributed by atoms with E-state index in [1.54, 1.807) is 0 Å².